The van der Waals surface area contributed by atoms with Gasteiger partial charge in [-0.2, -0.15) is 5.10 Å². The lowest BCUT2D eigenvalue weighted by Gasteiger charge is -2.09. The third-order valence-electron chi connectivity index (χ3n) is 2.19. The molecule has 0 radical (unpaired) electrons. The number of aromatic nitrogens is 3. The molecular formula is C12H12N4O2. The predicted molar refractivity (Wildman–Crippen MR) is 65.3 cm³/mol. The molecule has 92 valence electrons. The van der Waals surface area contributed by atoms with Crippen molar-refractivity contribution in [3.63, 3.8) is 0 Å². The average Bonchev–Trinajstić information content (AvgIpc) is 2.81. The second kappa shape index (κ2) is 5.22. The first kappa shape index (κ1) is 12.0. The van der Waals surface area contributed by atoms with Gasteiger partial charge in [0.2, 0.25) is 5.91 Å². The number of hydrogen-bond donors (Lipinski definition) is 1. The summed E-state index contributed by atoms with van der Waals surface area (Å²) in [5, 5.41) is 6.70. The molecule has 0 spiro atoms. The SMILES string of the molecule is CC(=O)CC(=O)Nc1cccnc1-n1cccn1. The minimum atomic E-state index is -0.357. The van der Waals surface area contributed by atoms with E-state index in [1.165, 1.54) is 6.92 Å². The Bertz CT molecular complexity index is 563. The van der Waals surface area contributed by atoms with Crippen molar-refractivity contribution in [2.24, 2.45) is 0 Å². The summed E-state index contributed by atoms with van der Waals surface area (Å²) in [6.45, 7) is 1.37. The van der Waals surface area contributed by atoms with Crippen LogP contribution in [-0.2, 0) is 9.59 Å². The maximum Gasteiger partial charge on any atom is 0.231 e. The fourth-order valence-corrected chi connectivity index (χ4v) is 1.49. The monoisotopic (exact) mass is 244 g/mol. The molecule has 1 amide bonds. The number of hydrogen-bond acceptors (Lipinski definition) is 4. The molecule has 0 bridgehead atoms. The Morgan fingerprint density at radius 3 is 2.83 bits per heavy atom. The molecule has 6 heteroatoms. The van der Waals surface area contributed by atoms with Crippen LogP contribution in [0.2, 0.25) is 0 Å². The van der Waals surface area contributed by atoms with Crippen LogP contribution in [0.15, 0.2) is 36.8 Å². The molecule has 6 nitrogen and oxygen atoms in total. The van der Waals surface area contributed by atoms with Crippen molar-refractivity contribution in [1.29, 1.82) is 0 Å². The summed E-state index contributed by atoms with van der Waals surface area (Å²) in [5.74, 6) is -0.0275. The number of rotatable bonds is 4. The van der Waals surface area contributed by atoms with E-state index in [9.17, 15) is 9.59 Å². The molecule has 1 N–H and O–H groups in total. The van der Waals surface area contributed by atoms with Gasteiger partial charge in [-0.25, -0.2) is 9.67 Å². The lowest BCUT2D eigenvalue weighted by molar-refractivity contribution is -0.124. The first-order chi connectivity index (χ1) is 8.66. The molecular weight excluding hydrogens is 232 g/mol. The van der Waals surface area contributed by atoms with Crippen LogP contribution >= 0.6 is 0 Å². The number of carbonyl (C=O) groups is 2. The lowest BCUT2D eigenvalue weighted by Crippen LogP contribution is -2.16. The Balaban J connectivity index is 2.23. The molecule has 0 saturated carbocycles. The van der Waals surface area contributed by atoms with Gasteiger partial charge < -0.3 is 5.32 Å². The van der Waals surface area contributed by atoms with Gasteiger partial charge in [0, 0.05) is 18.6 Å². The summed E-state index contributed by atoms with van der Waals surface area (Å²) in [5.41, 5.74) is 0.521. The van der Waals surface area contributed by atoms with Gasteiger partial charge in [-0.15, -0.1) is 0 Å². The van der Waals surface area contributed by atoms with Crippen molar-refractivity contribution in [3.05, 3.63) is 36.8 Å². The summed E-state index contributed by atoms with van der Waals surface area (Å²) in [6, 6.07) is 5.17. The van der Waals surface area contributed by atoms with Crippen molar-refractivity contribution in [2.45, 2.75) is 13.3 Å². The molecule has 0 aromatic carbocycles. The highest BCUT2D eigenvalue weighted by atomic mass is 16.2. The molecule has 2 aromatic heterocycles. The number of amides is 1. The molecule has 0 unspecified atom stereocenters. The van der Waals surface area contributed by atoms with E-state index in [-0.39, 0.29) is 18.1 Å². The summed E-state index contributed by atoms with van der Waals surface area (Å²) in [4.78, 5) is 26.6. The molecule has 0 saturated heterocycles. The first-order valence-electron chi connectivity index (χ1n) is 5.41. The molecule has 2 rings (SSSR count). The Kier molecular flexibility index (Phi) is 3.47. The third kappa shape index (κ3) is 2.79. The molecule has 0 fully saturated rings. The van der Waals surface area contributed by atoms with Crippen molar-refractivity contribution in [1.82, 2.24) is 14.8 Å². The smallest absolute Gasteiger partial charge is 0.231 e. The predicted octanol–water partition coefficient (Wildman–Crippen LogP) is 1.18. The van der Waals surface area contributed by atoms with E-state index in [2.05, 4.69) is 15.4 Å². The van der Waals surface area contributed by atoms with Gasteiger partial charge in [0.25, 0.3) is 0 Å². The van der Waals surface area contributed by atoms with E-state index in [4.69, 9.17) is 0 Å². The fourth-order valence-electron chi connectivity index (χ4n) is 1.49. The van der Waals surface area contributed by atoms with Crippen LogP contribution < -0.4 is 5.32 Å². The van der Waals surface area contributed by atoms with E-state index in [0.29, 0.717) is 11.5 Å². The van der Waals surface area contributed by atoms with Gasteiger partial charge in [0.15, 0.2) is 5.82 Å². The maximum atomic E-state index is 11.6. The molecule has 2 aromatic rings. The highest BCUT2D eigenvalue weighted by Gasteiger charge is 2.10. The number of ketones is 1. The summed E-state index contributed by atoms with van der Waals surface area (Å²) in [7, 11) is 0. The van der Waals surface area contributed by atoms with E-state index in [1.54, 1.807) is 41.5 Å². The number of Topliss-reactive ketones (excluding diaryl/α,β-unsaturated/α-hetero) is 1. The standard InChI is InChI=1S/C12H12N4O2/c1-9(17)8-11(18)15-10-4-2-5-13-12(10)16-7-3-6-14-16/h2-7H,8H2,1H3,(H,15,18). The molecule has 18 heavy (non-hydrogen) atoms. The van der Waals surface area contributed by atoms with Crippen LogP contribution in [0.5, 0.6) is 0 Å². The Morgan fingerprint density at radius 2 is 2.17 bits per heavy atom. The normalized spacial score (nSPS) is 10.1. The zero-order valence-corrected chi connectivity index (χ0v) is 9.83. The van der Waals surface area contributed by atoms with Crippen molar-refractivity contribution in [3.8, 4) is 5.82 Å². The van der Waals surface area contributed by atoms with Crippen LogP contribution in [-0.4, -0.2) is 26.5 Å². The number of pyridine rings is 1. The lowest BCUT2D eigenvalue weighted by atomic mass is 10.3. The summed E-state index contributed by atoms with van der Waals surface area (Å²) in [6.07, 6.45) is 4.81. The van der Waals surface area contributed by atoms with E-state index >= 15 is 0 Å². The zero-order valence-electron chi connectivity index (χ0n) is 9.83. The van der Waals surface area contributed by atoms with Crippen molar-refractivity contribution < 1.29 is 9.59 Å². The Labute approximate surface area is 104 Å². The average molecular weight is 244 g/mol. The number of nitrogens with one attached hydrogen (secondary N) is 1. The quantitative estimate of drug-likeness (QED) is 0.819. The highest BCUT2D eigenvalue weighted by molar-refractivity contribution is 6.04. The zero-order chi connectivity index (χ0) is 13.0. The van der Waals surface area contributed by atoms with Crippen molar-refractivity contribution in [2.75, 3.05) is 5.32 Å². The van der Waals surface area contributed by atoms with E-state index < -0.39 is 0 Å². The highest BCUT2D eigenvalue weighted by Crippen LogP contribution is 2.16. The fraction of sp³-hybridized carbons (Fsp3) is 0.167. The van der Waals surface area contributed by atoms with Crippen LogP contribution in [0.3, 0.4) is 0 Å². The number of nitrogens with zero attached hydrogens (tertiary/aromatic N) is 3. The third-order valence-corrected chi connectivity index (χ3v) is 2.19. The molecule has 0 aliphatic carbocycles. The van der Waals surface area contributed by atoms with Crippen LogP contribution in [0.25, 0.3) is 5.82 Å². The number of carbonyl (C=O) groups excluding carboxylic acids is 2. The van der Waals surface area contributed by atoms with Gasteiger partial charge >= 0.3 is 0 Å². The van der Waals surface area contributed by atoms with Crippen molar-refractivity contribution >= 4 is 17.4 Å². The Hall–Kier alpha value is -2.50. The van der Waals surface area contributed by atoms with E-state index in [1.807, 2.05) is 0 Å². The minimum Gasteiger partial charge on any atom is -0.323 e. The van der Waals surface area contributed by atoms with Gasteiger partial charge in [-0.05, 0) is 25.1 Å². The maximum absolute atomic E-state index is 11.6. The Morgan fingerprint density at radius 1 is 1.33 bits per heavy atom. The van der Waals surface area contributed by atoms with Gasteiger partial charge in [0.1, 0.15) is 5.78 Å². The minimum absolute atomic E-state index is 0.145. The molecule has 0 atom stereocenters. The molecule has 0 aliphatic heterocycles. The van der Waals surface area contributed by atoms with Gasteiger partial charge in [-0.1, -0.05) is 0 Å². The van der Waals surface area contributed by atoms with Crippen LogP contribution in [0.4, 0.5) is 5.69 Å². The summed E-state index contributed by atoms with van der Waals surface area (Å²) < 4.78 is 1.55. The second-order valence-corrected chi connectivity index (χ2v) is 3.75. The van der Waals surface area contributed by atoms with Crippen LogP contribution in [0, 0.1) is 0 Å². The number of anilines is 1. The van der Waals surface area contributed by atoms with Gasteiger partial charge in [0.05, 0.1) is 12.1 Å². The largest absolute Gasteiger partial charge is 0.323 e. The molecule has 0 aliphatic rings. The van der Waals surface area contributed by atoms with Gasteiger partial charge in [-0.3, -0.25) is 9.59 Å². The topological polar surface area (TPSA) is 76.9 Å². The second-order valence-electron chi connectivity index (χ2n) is 3.75. The molecule has 2 heterocycles. The summed E-state index contributed by atoms with van der Waals surface area (Å²) >= 11 is 0. The van der Waals surface area contributed by atoms with E-state index in [0.717, 1.165) is 0 Å². The van der Waals surface area contributed by atoms with Crippen LogP contribution in [0.1, 0.15) is 13.3 Å². The first-order valence-corrected chi connectivity index (χ1v) is 5.41.